The zero-order chi connectivity index (χ0) is 36.4. The van der Waals surface area contributed by atoms with E-state index >= 15 is 8.78 Å². The smallest absolute Gasteiger partial charge is 0.189 e. The molecule has 5 aliphatic carbocycles. The molecule has 8 rings (SSSR count). The molecule has 3 N–H and O–H groups in total. The van der Waals surface area contributed by atoms with Crippen molar-refractivity contribution in [3.8, 4) is 5.75 Å². The van der Waals surface area contributed by atoms with E-state index in [-0.39, 0.29) is 47.5 Å². The zero-order valence-corrected chi connectivity index (χ0v) is 30.1. The maximum atomic E-state index is 17.7. The van der Waals surface area contributed by atoms with Gasteiger partial charge >= 0.3 is 0 Å². The average Bonchev–Trinajstić information content (AvgIpc) is 3.89. The van der Waals surface area contributed by atoms with E-state index in [0.717, 1.165) is 12.8 Å². The number of benzene rings is 1. The molecule has 9 atom stereocenters. The molecule has 1 saturated heterocycles. The molecule has 274 valence electrons. The van der Waals surface area contributed by atoms with Gasteiger partial charge in [-0.05, 0) is 82.4 Å². The van der Waals surface area contributed by atoms with Crippen molar-refractivity contribution < 1.29 is 33.3 Å². The van der Waals surface area contributed by atoms with Crippen molar-refractivity contribution >= 4 is 28.2 Å². The number of ether oxygens (including phenoxy) is 1. The third-order valence-corrected chi connectivity index (χ3v) is 14.1. The molecule has 0 radical (unpaired) electrons. The molecule has 0 bridgehead atoms. The van der Waals surface area contributed by atoms with Crippen molar-refractivity contribution in [1.82, 2.24) is 9.88 Å². The summed E-state index contributed by atoms with van der Waals surface area (Å²) in [6.45, 7) is 9.18. The standard InChI is InChI=1S/C40H49F2N3O6/c1-21-14-29-28-9-6-23-15-26(46)10-11-37(23,3)39(28,42)33(49)19-38(29,4)40(21,50)32(48)17-25-16-31(47)27-18-30(41)35(44-13-12-43-22(2)20-44)36(51-5)34(27)45(25)24-7-8-24/h10-11,15-16,18,21-22,24,28-29,33,43,49-50H,6-9,12-14,17,19-20H2,1-5H3/t21-,22?,28+,29+,33+,37+,38+,39+,40+/m0/s1. The quantitative estimate of drug-likeness (QED) is 0.395. The summed E-state index contributed by atoms with van der Waals surface area (Å²) < 4.78 is 41.5. The van der Waals surface area contributed by atoms with Crippen LogP contribution in [0.4, 0.5) is 14.5 Å². The molecule has 11 heteroatoms. The maximum absolute atomic E-state index is 17.7. The van der Waals surface area contributed by atoms with E-state index in [1.54, 1.807) is 13.0 Å². The van der Waals surface area contributed by atoms with Crippen LogP contribution >= 0.6 is 0 Å². The van der Waals surface area contributed by atoms with Crippen LogP contribution in [0.3, 0.4) is 0 Å². The highest BCUT2D eigenvalue weighted by Gasteiger charge is 2.75. The van der Waals surface area contributed by atoms with Crippen molar-refractivity contribution in [2.45, 2.75) is 102 Å². The third kappa shape index (κ3) is 4.62. The van der Waals surface area contributed by atoms with Crippen LogP contribution in [-0.2, 0) is 16.0 Å². The number of anilines is 1. The van der Waals surface area contributed by atoms with Gasteiger partial charge in [-0.15, -0.1) is 0 Å². The summed E-state index contributed by atoms with van der Waals surface area (Å²) in [5.41, 5.74) is -4.93. The Morgan fingerprint density at radius 1 is 1.14 bits per heavy atom. The van der Waals surface area contributed by atoms with Crippen LogP contribution in [0.5, 0.6) is 5.75 Å². The number of nitrogens with one attached hydrogen (secondary N) is 1. The van der Waals surface area contributed by atoms with Crippen LogP contribution < -0.4 is 20.4 Å². The van der Waals surface area contributed by atoms with Crippen LogP contribution in [0.15, 0.2) is 40.7 Å². The Hall–Kier alpha value is -3.41. The van der Waals surface area contributed by atoms with Gasteiger partial charge in [0, 0.05) is 66.6 Å². The summed E-state index contributed by atoms with van der Waals surface area (Å²) in [6, 6.07) is 2.75. The highest BCUT2D eigenvalue weighted by atomic mass is 19.1. The lowest BCUT2D eigenvalue weighted by Crippen LogP contribution is -2.69. The van der Waals surface area contributed by atoms with Gasteiger partial charge in [0.25, 0.3) is 0 Å². The largest absolute Gasteiger partial charge is 0.492 e. The van der Waals surface area contributed by atoms with Crippen LogP contribution in [0.25, 0.3) is 10.9 Å². The first-order valence-corrected chi connectivity index (χ1v) is 18.6. The number of fused-ring (bicyclic) bond motifs is 6. The number of pyridine rings is 1. The highest BCUT2D eigenvalue weighted by molar-refractivity contribution is 6.01. The zero-order valence-electron chi connectivity index (χ0n) is 30.1. The van der Waals surface area contributed by atoms with Gasteiger partial charge in [0.15, 0.2) is 34.2 Å². The van der Waals surface area contributed by atoms with Crippen LogP contribution in [0, 0.1) is 34.4 Å². The molecule has 1 aromatic heterocycles. The second-order valence-corrected chi connectivity index (χ2v) is 16.8. The second kappa shape index (κ2) is 11.5. The molecule has 2 aromatic rings. The minimum atomic E-state index is -2.08. The van der Waals surface area contributed by atoms with Crippen molar-refractivity contribution in [3.05, 3.63) is 57.7 Å². The van der Waals surface area contributed by atoms with Crippen molar-refractivity contribution in [2.24, 2.45) is 28.6 Å². The molecule has 5 fully saturated rings. The first-order valence-electron chi connectivity index (χ1n) is 18.6. The number of Topliss-reactive ketones (excluding diaryl/α,β-unsaturated/α-hetero) is 1. The van der Waals surface area contributed by atoms with E-state index < -0.39 is 63.0 Å². The number of rotatable bonds is 6. The molecule has 9 nitrogen and oxygen atoms in total. The van der Waals surface area contributed by atoms with Crippen LogP contribution in [0.2, 0.25) is 0 Å². The van der Waals surface area contributed by atoms with E-state index in [1.165, 1.54) is 31.4 Å². The number of methoxy groups -OCH3 is 1. The van der Waals surface area contributed by atoms with E-state index in [0.29, 0.717) is 55.7 Å². The number of alkyl halides is 1. The predicted octanol–water partition coefficient (Wildman–Crippen LogP) is 4.74. The summed E-state index contributed by atoms with van der Waals surface area (Å²) >= 11 is 0. The summed E-state index contributed by atoms with van der Waals surface area (Å²) in [5, 5.41) is 28.1. The number of aliphatic hydroxyl groups is 2. The number of allylic oxidation sites excluding steroid dienone is 4. The lowest BCUT2D eigenvalue weighted by molar-refractivity contribution is -0.218. The Morgan fingerprint density at radius 2 is 1.88 bits per heavy atom. The van der Waals surface area contributed by atoms with Gasteiger partial charge in [-0.1, -0.05) is 25.5 Å². The van der Waals surface area contributed by atoms with Crippen molar-refractivity contribution in [3.63, 3.8) is 0 Å². The van der Waals surface area contributed by atoms with Gasteiger partial charge in [0.1, 0.15) is 11.3 Å². The van der Waals surface area contributed by atoms with E-state index in [1.807, 2.05) is 30.2 Å². The summed E-state index contributed by atoms with van der Waals surface area (Å²) in [7, 11) is 1.47. The van der Waals surface area contributed by atoms with Gasteiger partial charge in [-0.3, -0.25) is 14.4 Å². The monoisotopic (exact) mass is 705 g/mol. The minimum absolute atomic E-state index is 0.0339. The lowest BCUT2D eigenvalue weighted by atomic mass is 9.44. The van der Waals surface area contributed by atoms with E-state index in [9.17, 15) is 24.6 Å². The summed E-state index contributed by atoms with van der Waals surface area (Å²) in [6.07, 6.45) is 5.49. The SMILES string of the molecule is COc1c(N2CCNC(C)C2)c(F)cc2c(=O)cc(CC(=O)[C@]3(O)[C@@H](C)C[C@@H]4[C@H]5CCC6=CC(=O)C=C[C@@]6(C)[C@]5(F)[C@H](O)C[C@]43C)n(C3CC3)c12. The normalized spacial score (nSPS) is 39.0. The molecular formula is C40H49F2N3O6. The second-order valence-electron chi connectivity index (χ2n) is 16.8. The van der Waals surface area contributed by atoms with Gasteiger partial charge in [-0.2, -0.15) is 0 Å². The number of nitrogens with zero attached hydrogens (tertiary/aromatic N) is 2. The van der Waals surface area contributed by atoms with Crippen molar-refractivity contribution in [1.29, 1.82) is 0 Å². The highest BCUT2D eigenvalue weighted by Crippen LogP contribution is 2.70. The number of carbonyl (C=O) groups is 2. The van der Waals surface area contributed by atoms with E-state index in [2.05, 4.69) is 5.32 Å². The predicted molar refractivity (Wildman–Crippen MR) is 189 cm³/mol. The fourth-order valence-corrected chi connectivity index (χ4v) is 11.4. The molecule has 2 heterocycles. The van der Waals surface area contributed by atoms with E-state index in [4.69, 9.17) is 4.74 Å². The Labute approximate surface area is 296 Å². The van der Waals surface area contributed by atoms with Gasteiger partial charge in [0.2, 0.25) is 0 Å². The Morgan fingerprint density at radius 3 is 2.57 bits per heavy atom. The van der Waals surface area contributed by atoms with Gasteiger partial charge in [0.05, 0.1) is 24.1 Å². The molecule has 4 saturated carbocycles. The topological polar surface area (TPSA) is 121 Å². The molecule has 0 amide bonds. The Balaban J connectivity index is 1.20. The average molecular weight is 706 g/mol. The molecule has 1 aromatic carbocycles. The van der Waals surface area contributed by atoms with Gasteiger partial charge in [-0.25, -0.2) is 8.78 Å². The number of ketones is 2. The number of halogens is 2. The number of hydrogen-bond donors (Lipinski definition) is 3. The number of hydrogen-bond acceptors (Lipinski definition) is 8. The fourth-order valence-electron chi connectivity index (χ4n) is 11.4. The number of carbonyl (C=O) groups excluding carboxylic acids is 2. The maximum Gasteiger partial charge on any atom is 0.189 e. The third-order valence-electron chi connectivity index (χ3n) is 14.1. The summed E-state index contributed by atoms with van der Waals surface area (Å²) in [4.78, 5) is 42.7. The number of aromatic nitrogens is 1. The molecule has 51 heavy (non-hydrogen) atoms. The number of aliphatic hydroxyl groups excluding tert-OH is 1. The molecule has 0 spiro atoms. The Bertz CT molecular complexity index is 1970. The first-order chi connectivity index (χ1) is 24.1. The van der Waals surface area contributed by atoms with Crippen LogP contribution in [-0.4, -0.2) is 76.5 Å². The first kappa shape index (κ1) is 34.7. The Kier molecular flexibility index (Phi) is 7.85. The minimum Gasteiger partial charge on any atom is -0.492 e. The fraction of sp³-hybridized carbons (Fsp3) is 0.625. The number of piperazine rings is 1. The molecule has 1 aliphatic heterocycles. The van der Waals surface area contributed by atoms with Crippen molar-refractivity contribution in [2.75, 3.05) is 31.6 Å². The molecule has 1 unspecified atom stereocenters. The lowest BCUT2D eigenvalue weighted by Gasteiger charge is -2.62. The molecule has 6 aliphatic rings. The molecular weight excluding hydrogens is 656 g/mol. The summed E-state index contributed by atoms with van der Waals surface area (Å²) in [5.74, 6) is -2.56. The van der Waals surface area contributed by atoms with Gasteiger partial charge < -0.3 is 29.7 Å². The van der Waals surface area contributed by atoms with Crippen LogP contribution in [0.1, 0.15) is 78.0 Å².